The fraction of sp³-hybridized carbons (Fsp3) is 0.222. The van der Waals surface area contributed by atoms with Gasteiger partial charge in [0.2, 0.25) is 0 Å². The van der Waals surface area contributed by atoms with Crippen LogP contribution in [-0.2, 0) is 13.1 Å². The first-order valence-corrected chi connectivity index (χ1v) is 8.23. The molecule has 3 rings (SSSR count). The standard InChI is InChI=1S/C18H19NO2S/c1-2-6-16(7-3-1)21-12-10-19(14-17-8-4-11-20-17)15-18-9-5-13-22-18/h1-9,11,13H,10,12,14-15H2. The van der Waals surface area contributed by atoms with Crippen LogP contribution in [0.25, 0.3) is 0 Å². The highest BCUT2D eigenvalue weighted by Gasteiger charge is 2.10. The number of nitrogens with zero attached hydrogens (tertiary/aromatic N) is 1. The minimum Gasteiger partial charge on any atom is -0.492 e. The van der Waals surface area contributed by atoms with E-state index in [9.17, 15) is 0 Å². The van der Waals surface area contributed by atoms with Crippen molar-refractivity contribution in [2.75, 3.05) is 13.2 Å². The summed E-state index contributed by atoms with van der Waals surface area (Å²) in [5, 5.41) is 2.11. The average molecular weight is 313 g/mol. The molecule has 0 atom stereocenters. The van der Waals surface area contributed by atoms with Gasteiger partial charge in [-0.2, -0.15) is 0 Å². The maximum absolute atomic E-state index is 5.81. The van der Waals surface area contributed by atoms with E-state index in [0.717, 1.165) is 31.1 Å². The lowest BCUT2D eigenvalue weighted by Gasteiger charge is -2.20. The largest absolute Gasteiger partial charge is 0.492 e. The molecule has 0 fully saturated rings. The molecule has 0 spiro atoms. The van der Waals surface area contributed by atoms with Crippen molar-refractivity contribution in [3.05, 3.63) is 76.9 Å². The van der Waals surface area contributed by atoms with Crippen LogP contribution in [0.1, 0.15) is 10.6 Å². The van der Waals surface area contributed by atoms with Crippen molar-refractivity contribution in [1.29, 1.82) is 0 Å². The lowest BCUT2D eigenvalue weighted by Crippen LogP contribution is -2.27. The molecule has 0 saturated carbocycles. The van der Waals surface area contributed by atoms with Crippen molar-refractivity contribution >= 4 is 11.3 Å². The Morgan fingerprint density at radius 3 is 2.59 bits per heavy atom. The van der Waals surface area contributed by atoms with Gasteiger partial charge >= 0.3 is 0 Å². The summed E-state index contributed by atoms with van der Waals surface area (Å²) in [6.07, 6.45) is 1.72. The summed E-state index contributed by atoms with van der Waals surface area (Å²) in [4.78, 5) is 3.69. The molecule has 1 aromatic carbocycles. The minimum absolute atomic E-state index is 0.663. The molecular weight excluding hydrogens is 294 g/mol. The van der Waals surface area contributed by atoms with Crippen LogP contribution in [0.15, 0.2) is 70.7 Å². The topological polar surface area (TPSA) is 25.6 Å². The Labute approximate surface area is 134 Å². The zero-order chi connectivity index (χ0) is 15.0. The van der Waals surface area contributed by atoms with E-state index in [1.165, 1.54) is 4.88 Å². The Kier molecular flexibility index (Phi) is 5.29. The second-order valence-electron chi connectivity index (χ2n) is 5.03. The SMILES string of the molecule is c1ccc(OCCN(Cc2ccco2)Cc2cccs2)cc1. The summed E-state index contributed by atoms with van der Waals surface area (Å²) in [6, 6.07) is 18.1. The summed E-state index contributed by atoms with van der Waals surface area (Å²) in [5.74, 6) is 1.90. The number of para-hydroxylation sites is 1. The zero-order valence-electron chi connectivity index (χ0n) is 12.4. The van der Waals surface area contributed by atoms with E-state index in [4.69, 9.17) is 9.15 Å². The smallest absolute Gasteiger partial charge is 0.119 e. The Morgan fingerprint density at radius 1 is 0.955 bits per heavy atom. The molecule has 3 nitrogen and oxygen atoms in total. The Bertz CT molecular complexity index is 599. The van der Waals surface area contributed by atoms with Gasteiger partial charge in [-0.25, -0.2) is 0 Å². The van der Waals surface area contributed by atoms with Crippen molar-refractivity contribution in [3.63, 3.8) is 0 Å². The first-order valence-electron chi connectivity index (χ1n) is 7.35. The van der Waals surface area contributed by atoms with Gasteiger partial charge in [-0.3, -0.25) is 4.90 Å². The molecule has 2 heterocycles. The van der Waals surface area contributed by atoms with E-state index in [1.54, 1.807) is 17.6 Å². The average Bonchev–Trinajstić information content (AvgIpc) is 3.22. The van der Waals surface area contributed by atoms with Gasteiger partial charge in [-0.05, 0) is 35.7 Å². The maximum atomic E-state index is 5.81. The number of rotatable bonds is 8. The van der Waals surface area contributed by atoms with Crippen LogP contribution >= 0.6 is 11.3 Å². The monoisotopic (exact) mass is 313 g/mol. The first kappa shape index (κ1) is 14.9. The van der Waals surface area contributed by atoms with Gasteiger partial charge in [0.05, 0.1) is 12.8 Å². The Morgan fingerprint density at radius 2 is 1.86 bits per heavy atom. The number of hydrogen-bond acceptors (Lipinski definition) is 4. The molecule has 0 N–H and O–H groups in total. The molecule has 0 bridgehead atoms. The van der Waals surface area contributed by atoms with Crippen LogP contribution in [0.5, 0.6) is 5.75 Å². The summed E-state index contributed by atoms with van der Waals surface area (Å²) >= 11 is 1.78. The molecule has 22 heavy (non-hydrogen) atoms. The fourth-order valence-corrected chi connectivity index (χ4v) is 3.02. The molecular formula is C18H19NO2S. The molecule has 0 saturated heterocycles. The van der Waals surface area contributed by atoms with Gasteiger partial charge in [0.15, 0.2) is 0 Å². The number of furan rings is 1. The molecule has 2 aromatic heterocycles. The molecule has 0 aliphatic rings. The number of thiophene rings is 1. The molecule has 3 aromatic rings. The molecule has 114 valence electrons. The van der Waals surface area contributed by atoms with Crippen molar-refractivity contribution in [1.82, 2.24) is 4.90 Å². The van der Waals surface area contributed by atoms with E-state index in [1.807, 2.05) is 42.5 Å². The molecule has 0 radical (unpaired) electrons. The predicted molar refractivity (Wildman–Crippen MR) is 89.1 cm³/mol. The normalized spacial score (nSPS) is 11.0. The van der Waals surface area contributed by atoms with Crippen molar-refractivity contribution in [2.24, 2.45) is 0 Å². The van der Waals surface area contributed by atoms with Crippen LogP contribution in [-0.4, -0.2) is 18.1 Å². The highest BCUT2D eigenvalue weighted by molar-refractivity contribution is 7.09. The van der Waals surface area contributed by atoms with Crippen LogP contribution in [0.3, 0.4) is 0 Å². The summed E-state index contributed by atoms with van der Waals surface area (Å²) < 4.78 is 11.3. The van der Waals surface area contributed by atoms with Gasteiger partial charge in [-0.15, -0.1) is 11.3 Å². The third kappa shape index (κ3) is 4.48. The Hall–Kier alpha value is -2.04. The second-order valence-corrected chi connectivity index (χ2v) is 6.06. The van der Waals surface area contributed by atoms with Crippen LogP contribution in [0, 0.1) is 0 Å². The molecule has 4 heteroatoms. The van der Waals surface area contributed by atoms with Crippen molar-refractivity contribution in [2.45, 2.75) is 13.1 Å². The van der Waals surface area contributed by atoms with Crippen molar-refractivity contribution in [3.8, 4) is 5.75 Å². The van der Waals surface area contributed by atoms with Gasteiger partial charge in [0, 0.05) is 18.0 Å². The van der Waals surface area contributed by atoms with Gasteiger partial charge in [0.25, 0.3) is 0 Å². The Balaban J connectivity index is 1.55. The molecule has 0 unspecified atom stereocenters. The second kappa shape index (κ2) is 7.82. The number of ether oxygens (including phenoxy) is 1. The zero-order valence-corrected chi connectivity index (χ0v) is 13.2. The summed E-state index contributed by atoms with van der Waals surface area (Å²) in [5.41, 5.74) is 0. The van der Waals surface area contributed by atoms with E-state index >= 15 is 0 Å². The third-order valence-corrected chi connectivity index (χ3v) is 4.20. The summed E-state index contributed by atoms with van der Waals surface area (Å²) in [7, 11) is 0. The lowest BCUT2D eigenvalue weighted by molar-refractivity contribution is 0.187. The maximum Gasteiger partial charge on any atom is 0.119 e. The number of benzene rings is 1. The lowest BCUT2D eigenvalue weighted by atomic mass is 10.3. The molecule has 0 aliphatic heterocycles. The van der Waals surface area contributed by atoms with E-state index < -0.39 is 0 Å². The van der Waals surface area contributed by atoms with E-state index in [2.05, 4.69) is 22.4 Å². The van der Waals surface area contributed by atoms with Gasteiger partial charge < -0.3 is 9.15 Å². The highest BCUT2D eigenvalue weighted by atomic mass is 32.1. The molecule has 0 aliphatic carbocycles. The minimum atomic E-state index is 0.663. The highest BCUT2D eigenvalue weighted by Crippen LogP contribution is 2.15. The number of hydrogen-bond donors (Lipinski definition) is 0. The van der Waals surface area contributed by atoms with Gasteiger partial charge in [-0.1, -0.05) is 24.3 Å². The predicted octanol–water partition coefficient (Wildman–Crippen LogP) is 4.42. The van der Waals surface area contributed by atoms with Crippen LogP contribution in [0.2, 0.25) is 0 Å². The van der Waals surface area contributed by atoms with Crippen LogP contribution in [0.4, 0.5) is 0 Å². The third-order valence-electron chi connectivity index (χ3n) is 3.34. The first-order chi connectivity index (χ1) is 10.9. The van der Waals surface area contributed by atoms with Crippen molar-refractivity contribution < 1.29 is 9.15 Å². The fourth-order valence-electron chi connectivity index (χ4n) is 2.27. The summed E-state index contributed by atoms with van der Waals surface area (Å²) in [6.45, 7) is 3.23. The van der Waals surface area contributed by atoms with Gasteiger partial charge in [0.1, 0.15) is 18.1 Å². The van der Waals surface area contributed by atoms with E-state index in [-0.39, 0.29) is 0 Å². The van der Waals surface area contributed by atoms with Crippen LogP contribution < -0.4 is 4.74 Å². The molecule has 0 amide bonds. The quantitative estimate of drug-likeness (QED) is 0.615. The van der Waals surface area contributed by atoms with E-state index in [0.29, 0.717) is 6.61 Å².